The lowest BCUT2D eigenvalue weighted by atomic mass is 10.1. The van der Waals surface area contributed by atoms with E-state index in [2.05, 4.69) is 45.4 Å². The second-order valence-electron chi connectivity index (χ2n) is 6.29. The summed E-state index contributed by atoms with van der Waals surface area (Å²) in [5.74, 6) is 0. The lowest BCUT2D eigenvalue weighted by Gasteiger charge is -2.33. The largest absolute Gasteiger partial charge is 0.360 e. The summed E-state index contributed by atoms with van der Waals surface area (Å²) in [6.45, 7) is 5.08. The Balaban J connectivity index is 1.48. The number of aromatic nitrogens is 2. The van der Waals surface area contributed by atoms with Crippen LogP contribution >= 0.6 is 0 Å². The second kappa shape index (κ2) is 6.45. The van der Waals surface area contributed by atoms with Gasteiger partial charge in [0.25, 0.3) is 5.56 Å². The van der Waals surface area contributed by atoms with Crippen LogP contribution < -0.4 is 15.4 Å². The number of anilines is 1. The summed E-state index contributed by atoms with van der Waals surface area (Å²) in [6.07, 6.45) is 0. The Morgan fingerprint density at radius 1 is 0.958 bits per heavy atom. The van der Waals surface area contributed by atoms with E-state index in [-0.39, 0.29) is 5.56 Å². The van der Waals surface area contributed by atoms with Crippen LogP contribution in [0.3, 0.4) is 0 Å². The van der Waals surface area contributed by atoms with E-state index in [0.29, 0.717) is 0 Å². The quantitative estimate of drug-likeness (QED) is 0.751. The average molecular weight is 321 g/mol. The Labute approximate surface area is 140 Å². The fourth-order valence-electron chi connectivity index (χ4n) is 3.44. The topological polar surface area (TPSA) is 53.4 Å². The predicted molar refractivity (Wildman–Crippen MR) is 95.4 cm³/mol. The first-order chi connectivity index (χ1) is 11.8. The number of H-pyrrole nitrogens is 1. The van der Waals surface area contributed by atoms with Gasteiger partial charge in [-0.15, -0.1) is 0 Å². The molecule has 3 aromatic rings. The normalized spacial score (nSPS) is 15.8. The van der Waals surface area contributed by atoms with Crippen LogP contribution in [0.5, 0.6) is 0 Å². The minimum absolute atomic E-state index is 0.113. The van der Waals surface area contributed by atoms with E-state index in [9.17, 15) is 4.79 Å². The average Bonchev–Trinajstić information content (AvgIpc) is 2.66. The number of fused-ring (bicyclic) bond motifs is 1. The molecule has 5 heteroatoms. The Hall–Kier alpha value is -2.66. The van der Waals surface area contributed by atoms with Gasteiger partial charge in [-0.25, -0.2) is 5.10 Å². The smallest absolute Gasteiger partial charge is 0.272 e. The van der Waals surface area contributed by atoms with Crippen molar-refractivity contribution in [2.24, 2.45) is 0 Å². The van der Waals surface area contributed by atoms with Crippen LogP contribution in [-0.2, 0) is 6.54 Å². The van der Waals surface area contributed by atoms with Gasteiger partial charge in [0, 0.05) is 11.1 Å². The zero-order valence-electron chi connectivity index (χ0n) is 13.5. The Morgan fingerprint density at radius 2 is 1.62 bits per heavy atom. The summed E-state index contributed by atoms with van der Waals surface area (Å²) in [4.78, 5) is 15.8. The molecular weight excluding hydrogens is 300 g/mol. The van der Waals surface area contributed by atoms with Gasteiger partial charge in [0.1, 0.15) is 12.2 Å². The van der Waals surface area contributed by atoms with Gasteiger partial charge in [-0.05, 0) is 18.2 Å². The maximum atomic E-state index is 11.9. The number of aromatic amines is 1. The molecule has 0 unspecified atom stereocenters. The standard InChI is InChI=1S/C19H20N4O/c24-19-17-9-5-4-8-16(17)18(20-21-19)14-22-10-12-23(13-11-22)15-6-2-1-3-7-15/h1-9H,10-14H2,(H,21,24)/p+1. The van der Waals surface area contributed by atoms with Crippen LogP contribution in [-0.4, -0.2) is 36.4 Å². The molecule has 5 nitrogen and oxygen atoms in total. The number of hydrogen-bond acceptors (Lipinski definition) is 3. The Bertz CT molecular complexity index is 883. The highest BCUT2D eigenvalue weighted by atomic mass is 16.1. The van der Waals surface area contributed by atoms with Crippen molar-refractivity contribution in [3.8, 4) is 0 Å². The van der Waals surface area contributed by atoms with Gasteiger partial charge in [0.15, 0.2) is 0 Å². The zero-order valence-corrected chi connectivity index (χ0v) is 13.5. The van der Waals surface area contributed by atoms with E-state index >= 15 is 0 Å². The van der Waals surface area contributed by atoms with Gasteiger partial charge >= 0.3 is 0 Å². The summed E-state index contributed by atoms with van der Waals surface area (Å²) in [6, 6.07) is 18.3. The Kier molecular flexibility index (Phi) is 4.01. The maximum absolute atomic E-state index is 11.9. The molecule has 2 N–H and O–H groups in total. The number of piperazine rings is 1. The molecule has 1 aromatic heterocycles. The van der Waals surface area contributed by atoms with E-state index in [0.717, 1.165) is 49.2 Å². The molecule has 1 fully saturated rings. The van der Waals surface area contributed by atoms with Crippen molar-refractivity contribution in [3.05, 3.63) is 70.6 Å². The molecule has 0 spiro atoms. The molecule has 4 rings (SSSR count). The number of hydrogen-bond donors (Lipinski definition) is 2. The monoisotopic (exact) mass is 321 g/mol. The van der Waals surface area contributed by atoms with Crippen molar-refractivity contribution in [3.63, 3.8) is 0 Å². The number of rotatable bonds is 3. The number of para-hydroxylation sites is 1. The highest BCUT2D eigenvalue weighted by Gasteiger charge is 2.21. The highest BCUT2D eigenvalue weighted by Crippen LogP contribution is 2.13. The third-order valence-electron chi connectivity index (χ3n) is 4.78. The van der Waals surface area contributed by atoms with Crippen molar-refractivity contribution in [2.75, 3.05) is 31.1 Å². The minimum atomic E-state index is -0.113. The summed E-state index contributed by atoms with van der Waals surface area (Å²) in [5.41, 5.74) is 2.16. The lowest BCUT2D eigenvalue weighted by Crippen LogP contribution is -3.13. The third-order valence-corrected chi connectivity index (χ3v) is 4.78. The molecule has 1 aliphatic rings. The summed E-state index contributed by atoms with van der Waals surface area (Å²) in [5, 5.41) is 8.64. The zero-order chi connectivity index (χ0) is 16.4. The number of nitrogens with one attached hydrogen (secondary N) is 2. The van der Waals surface area contributed by atoms with Gasteiger partial charge in [-0.3, -0.25) is 4.79 Å². The van der Waals surface area contributed by atoms with Crippen molar-refractivity contribution in [1.82, 2.24) is 10.2 Å². The van der Waals surface area contributed by atoms with Gasteiger partial charge in [0.2, 0.25) is 0 Å². The second-order valence-corrected chi connectivity index (χ2v) is 6.29. The highest BCUT2D eigenvalue weighted by molar-refractivity contribution is 5.83. The minimum Gasteiger partial charge on any atom is -0.360 e. The number of benzene rings is 2. The summed E-state index contributed by atoms with van der Waals surface area (Å²) >= 11 is 0. The molecule has 0 atom stereocenters. The van der Waals surface area contributed by atoms with Crippen LogP contribution in [0.1, 0.15) is 5.69 Å². The first-order valence-electron chi connectivity index (χ1n) is 8.41. The van der Waals surface area contributed by atoms with E-state index in [1.165, 1.54) is 10.6 Å². The van der Waals surface area contributed by atoms with E-state index in [4.69, 9.17) is 0 Å². The lowest BCUT2D eigenvalue weighted by molar-refractivity contribution is -0.914. The van der Waals surface area contributed by atoms with Crippen LogP contribution in [0, 0.1) is 0 Å². The molecule has 122 valence electrons. The van der Waals surface area contributed by atoms with Gasteiger partial charge in [-0.2, -0.15) is 5.10 Å². The molecule has 1 saturated heterocycles. The summed E-state index contributed by atoms with van der Waals surface area (Å²) in [7, 11) is 0. The molecule has 0 radical (unpaired) electrons. The van der Waals surface area contributed by atoms with Crippen molar-refractivity contribution in [1.29, 1.82) is 0 Å². The van der Waals surface area contributed by atoms with Crippen LogP contribution in [0.15, 0.2) is 59.4 Å². The number of quaternary nitrogens is 1. The van der Waals surface area contributed by atoms with Crippen molar-refractivity contribution < 1.29 is 4.90 Å². The SMILES string of the molecule is O=c1[nH]nc(C[NH+]2CCN(c3ccccc3)CC2)c2ccccc12. The van der Waals surface area contributed by atoms with E-state index in [1.807, 2.05) is 24.3 Å². The molecular formula is C19H21N4O+. The first kappa shape index (κ1) is 14.9. The van der Waals surface area contributed by atoms with E-state index in [1.54, 1.807) is 0 Å². The third kappa shape index (κ3) is 2.90. The molecule has 2 aromatic carbocycles. The fourth-order valence-corrected chi connectivity index (χ4v) is 3.44. The molecule has 2 heterocycles. The van der Waals surface area contributed by atoms with Crippen LogP contribution in [0.25, 0.3) is 10.8 Å². The first-order valence-corrected chi connectivity index (χ1v) is 8.41. The van der Waals surface area contributed by atoms with Crippen LogP contribution in [0.4, 0.5) is 5.69 Å². The van der Waals surface area contributed by atoms with Crippen molar-refractivity contribution in [2.45, 2.75) is 6.54 Å². The molecule has 1 aliphatic heterocycles. The van der Waals surface area contributed by atoms with Crippen LogP contribution in [0.2, 0.25) is 0 Å². The molecule has 0 amide bonds. The maximum Gasteiger partial charge on any atom is 0.272 e. The van der Waals surface area contributed by atoms with Gasteiger partial charge < -0.3 is 9.80 Å². The predicted octanol–water partition coefficient (Wildman–Crippen LogP) is 0.828. The van der Waals surface area contributed by atoms with E-state index < -0.39 is 0 Å². The fraction of sp³-hybridized carbons (Fsp3) is 0.263. The molecule has 0 bridgehead atoms. The van der Waals surface area contributed by atoms with Gasteiger partial charge in [-0.1, -0.05) is 36.4 Å². The molecule has 0 aliphatic carbocycles. The van der Waals surface area contributed by atoms with Gasteiger partial charge in [0.05, 0.1) is 31.6 Å². The number of nitrogens with zero attached hydrogens (tertiary/aromatic N) is 2. The van der Waals surface area contributed by atoms with Crippen molar-refractivity contribution >= 4 is 16.5 Å². The molecule has 0 saturated carbocycles. The summed E-state index contributed by atoms with van der Waals surface area (Å²) < 4.78 is 0. The molecule has 24 heavy (non-hydrogen) atoms. The Morgan fingerprint density at radius 3 is 2.38 bits per heavy atom.